The summed E-state index contributed by atoms with van der Waals surface area (Å²) in [5.74, 6) is 0.0962. The number of aryl methyl sites for hydroxylation is 3. The fraction of sp³-hybridized carbons (Fsp3) is 0.278. The van der Waals surface area contributed by atoms with Crippen molar-refractivity contribution in [2.75, 3.05) is 5.32 Å². The van der Waals surface area contributed by atoms with Crippen molar-refractivity contribution in [3.63, 3.8) is 0 Å². The van der Waals surface area contributed by atoms with Crippen molar-refractivity contribution >= 4 is 23.4 Å². The maximum atomic E-state index is 12.5. The average Bonchev–Trinajstić information content (AvgIpc) is 2.80. The van der Waals surface area contributed by atoms with Gasteiger partial charge in [-0.25, -0.2) is 0 Å². The fourth-order valence-corrected chi connectivity index (χ4v) is 4.04. The van der Waals surface area contributed by atoms with Gasteiger partial charge in [-0.3, -0.25) is 4.79 Å². The predicted molar refractivity (Wildman–Crippen MR) is 89.1 cm³/mol. The lowest BCUT2D eigenvalue weighted by Crippen LogP contribution is -2.24. The molecule has 0 spiro atoms. The summed E-state index contributed by atoms with van der Waals surface area (Å²) in [6.45, 7) is 6.18. The first-order valence-corrected chi connectivity index (χ1v) is 8.04. The molecule has 1 N–H and O–H groups in total. The third-order valence-corrected chi connectivity index (χ3v) is 4.98. The Balaban J connectivity index is 1.73. The lowest BCUT2D eigenvalue weighted by atomic mass is 10.1. The number of nitrogens with one attached hydrogen (secondary N) is 1. The number of carbonyl (C=O) groups excluding carboxylic acids is 1. The predicted octanol–water partition coefficient (Wildman–Crippen LogP) is 4.27. The highest BCUT2D eigenvalue weighted by Gasteiger charge is 2.28. The molecule has 2 aromatic carbocycles. The van der Waals surface area contributed by atoms with Crippen LogP contribution in [-0.4, -0.2) is 11.2 Å². The first kappa shape index (κ1) is 14.2. The number of hydrogen-bond acceptors (Lipinski definition) is 2. The van der Waals surface area contributed by atoms with E-state index in [0.29, 0.717) is 0 Å². The molecule has 108 valence electrons. The van der Waals surface area contributed by atoms with Crippen molar-refractivity contribution in [1.82, 2.24) is 0 Å². The molecule has 0 fully saturated rings. The van der Waals surface area contributed by atoms with Crippen molar-refractivity contribution in [2.24, 2.45) is 0 Å². The van der Waals surface area contributed by atoms with Gasteiger partial charge in [-0.15, -0.1) is 11.8 Å². The summed E-state index contributed by atoms with van der Waals surface area (Å²) in [6, 6.07) is 12.6. The standard InChI is InChI=1S/C18H19NOS/c1-11-4-5-14-10-17(21-16(14)9-11)18(20)19-15-7-12(2)6-13(3)8-15/h4-9,17H,10H2,1-3H3,(H,19,20). The van der Waals surface area contributed by atoms with Crippen LogP contribution in [-0.2, 0) is 11.2 Å². The van der Waals surface area contributed by atoms with E-state index < -0.39 is 0 Å². The molecule has 2 nitrogen and oxygen atoms in total. The van der Waals surface area contributed by atoms with Gasteiger partial charge < -0.3 is 5.32 Å². The monoisotopic (exact) mass is 297 g/mol. The summed E-state index contributed by atoms with van der Waals surface area (Å²) < 4.78 is 0. The Hall–Kier alpha value is -1.74. The van der Waals surface area contributed by atoms with Crippen LogP contribution in [0.1, 0.15) is 22.3 Å². The molecule has 1 aliphatic heterocycles. The van der Waals surface area contributed by atoms with Crippen molar-refractivity contribution in [2.45, 2.75) is 37.3 Å². The average molecular weight is 297 g/mol. The molecule has 0 aliphatic carbocycles. The number of rotatable bonds is 2. The minimum Gasteiger partial charge on any atom is -0.325 e. The highest BCUT2D eigenvalue weighted by atomic mass is 32.2. The van der Waals surface area contributed by atoms with E-state index in [1.54, 1.807) is 11.8 Å². The van der Waals surface area contributed by atoms with Gasteiger partial charge in [0.25, 0.3) is 0 Å². The third kappa shape index (κ3) is 3.13. The molecule has 1 heterocycles. The highest BCUT2D eigenvalue weighted by Crippen LogP contribution is 2.38. The van der Waals surface area contributed by atoms with E-state index in [-0.39, 0.29) is 11.2 Å². The minimum absolute atomic E-state index is 0.0254. The van der Waals surface area contributed by atoms with E-state index in [2.05, 4.69) is 36.5 Å². The Morgan fingerprint density at radius 1 is 1.05 bits per heavy atom. The van der Waals surface area contributed by atoms with Crippen molar-refractivity contribution in [1.29, 1.82) is 0 Å². The van der Waals surface area contributed by atoms with Gasteiger partial charge in [0.2, 0.25) is 5.91 Å². The molecular formula is C18H19NOS. The second kappa shape index (κ2) is 5.57. The zero-order valence-electron chi connectivity index (χ0n) is 12.6. The number of fused-ring (bicyclic) bond motifs is 1. The summed E-state index contributed by atoms with van der Waals surface area (Å²) in [4.78, 5) is 13.7. The van der Waals surface area contributed by atoms with Gasteiger partial charge in [-0.05, 0) is 62.1 Å². The zero-order valence-corrected chi connectivity index (χ0v) is 13.4. The van der Waals surface area contributed by atoms with E-state index in [1.807, 2.05) is 26.0 Å². The Morgan fingerprint density at radius 3 is 2.48 bits per heavy atom. The second-order valence-corrected chi connectivity index (χ2v) is 7.03. The lowest BCUT2D eigenvalue weighted by molar-refractivity contribution is -0.115. The molecule has 21 heavy (non-hydrogen) atoms. The molecule has 3 rings (SSSR count). The summed E-state index contributed by atoms with van der Waals surface area (Å²) in [7, 11) is 0. The van der Waals surface area contributed by atoms with Gasteiger partial charge in [-0.1, -0.05) is 23.8 Å². The van der Waals surface area contributed by atoms with Gasteiger partial charge in [0.15, 0.2) is 0 Å². The maximum Gasteiger partial charge on any atom is 0.238 e. The van der Waals surface area contributed by atoms with Gasteiger partial charge in [0.05, 0.1) is 5.25 Å². The Bertz CT molecular complexity index is 688. The number of thioether (sulfide) groups is 1. The molecule has 1 aliphatic rings. The quantitative estimate of drug-likeness (QED) is 0.897. The topological polar surface area (TPSA) is 29.1 Å². The molecular weight excluding hydrogens is 278 g/mol. The Kier molecular flexibility index (Phi) is 3.77. The summed E-state index contributed by atoms with van der Waals surface area (Å²) in [6.07, 6.45) is 0.816. The lowest BCUT2D eigenvalue weighted by Gasteiger charge is -2.11. The minimum atomic E-state index is -0.0254. The number of anilines is 1. The van der Waals surface area contributed by atoms with E-state index in [9.17, 15) is 4.79 Å². The number of benzene rings is 2. The van der Waals surface area contributed by atoms with Gasteiger partial charge in [0, 0.05) is 10.6 Å². The van der Waals surface area contributed by atoms with Crippen LogP contribution in [0.25, 0.3) is 0 Å². The Labute approximate surface area is 130 Å². The SMILES string of the molecule is Cc1cc(C)cc(NC(=O)C2Cc3ccc(C)cc3S2)c1. The smallest absolute Gasteiger partial charge is 0.238 e. The van der Waals surface area contributed by atoms with Crippen LogP contribution in [0.15, 0.2) is 41.3 Å². The maximum absolute atomic E-state index is 12.5. The molecule has 1 unspecified atom stereocenters. The van der Waals surface area contributed by atoms with Crippen molar-refractivity contribution in [3.05, 3.63) is 58.7 Å². The molecule has 1 amide bonds. The molecule has 0 saturated heterocycles. The molecule has 2 aromatic rings. The molecule has 0 radical (unpaired) electrons. The molecule has 0 saturated carbocycles. The largest absolute Gasteiger partial charge is 0.325 e. The summed E-state index contributed by atoms with van der Waals surface area (Å²) >= 11 is 1.67. The van der Waals surface area contributed by atoms with E-state index in [1.165, 1.54) is 27.1 Å². The first-order valence-electron chi connectivity index (χ1n) is 7.16. The van der Waals surface area contributed by atoms with Crippen molar-refractivity contribution < 1.29 is 4.79 Å². The van der Waals surface area contributed by atoms with Crippen LogP contribution in [0.5, 0.6) is 0 Å². The van der Waals surface area contributed by atoms with Crippen LogP contribution in [0.2, 0.25) is 0 Å². The highest BCUT2D eigenvalue weighted by molar-refractivity contribution is 8.01. The van der Waals surface area contributed by atoms with Crippen LogP contribution in [0.3, 0.4) is 0 Å². The van der Waals surface area contributed by atoms with Gasteiger partial charge in [-0.2, -0.15) is 0 Å². The van der Waals surface area contributed by atoms with Crippen LogP contribution in [0.4, 0.5) is 5.69 Å². The van der Waals surface area contributed by atoms with Crippen LogP contribution >= 0.6 is 11.8 Å². The van der Waals surface area contributed by atoms with Crippen molar-refractivity contribution in [3.8, 4) is 0 Å². The summed E-state index contributed by atoms with van der Waals surface area (Å²) in [5, 5.41) is 3.03. The second-order valence-electron chi connectivity index (χ2n) is 5.79. The normalized spacial score (nSPS) is 16.6. The summed E-state index contributed by atoms with van der Waals surface area (Å²) in [5.41, 5.74) is 5.76. The zero-order chi connectivity index (χ0) is 15.0. The number of carbonyl (C=O) groups is 1. The number of hydrogen-bond donors (Lipinski definition) is 1. The third-order valence-electron chi connectivity index (χ3n) is 3.68. The molecule has 3 heteroatoms. The van der Waals surface area contributed by atoms with Gasteiger partial charge >= 0.3 is 0 Å². The molecule has 0 bridgehead atoms. The molecule has 1 atom stereocenters. The number of amides is 1. The fourth-order valence-electron chi connectivity index (χ4n) is 2.75. The van der Waals surface area contributed by atoms with E-state index in [0.717, 1.165) is 12.1 Å². The van der Waals surface area contributed by atoms with E-state index in [4.69, 9.17) is 0 Å². The molecule has 0 aromatic heterocycles. The Morgan fingerprint density at radius 2 is 1.76 bits per heavy atom. The van der Waals surface area contributed by atoms with Gasteiger partial charge in [0.1, 0.15) is 0 Å². The van der Waals surface area contributed by atoms with E-state index >= 15 is 0 Å². The van der Waals surface area contributed by atoms with Crippen LogP contribution < -0.4 is 5.32 Å². The first-order chi connectivity index (χ1) is 10.0. The van der Waals surface area contributed by atoms with Crippen LogP contribution in [0, 0.1) is 20.8 Å².